The number of nitrogens with one attached hydrogen (secondary N) is 1. The van der Waals surface area contributed by atoms with Gasteiger partial charge in [-0.1, -0.05) is 29.8 Å². The molecule has 1 amide bonds. The fraction of sp³-hybridized carbons (Fsp3) is 0.316. The molecular weight excluding hydrogens is 306 g/mol. The van der Waals surface area contributed by atoms with Gasteiger partial charge >= 0.3 is 0 Å². The third-order valence-electron chi connectivity index (χ3n) is 3.14. The summed E-state index contributed by atoms with van der Waals surface area (Å²) in [4.78, 5) is 13.3. The number of anilines is 1. The van der Waals surface area contributed by atoms with Crippen LogP contribution in [0.4, 0.5) is 5.69 Å². The van der Waals surface area contributed by atoms with E-state index < -0.39 is 0 Å². The zero-order valence-electron chi connectivity index (χ0n) is 13.8. The van der Waals surface area contributed by atoms with Crippen LogP contribution < -0.4 is 10.1 Å². The van der Waals surface area contributed by atoms with Gasteiger partial charge in [0, 0.05) is 17.1 Å². The fourth-order valence-corrected chi connectivity index (χ4v) is 2.89. The first-order chi connectivity index (χ1) is 11.0. The Morgan fingerprint density at radius 3 is 2.52 bits per heavy atom. The number of ether oxygens (including phenoxy) is 1. The van der Waals surface area contributed by atoms with E-state index in [1.165, 1.54) is 10.5 Å². The molecule has 0 aromatic heterocycles. The van der Waals surface area contributed by atoms with Crippen LogP contribution in [-0.4, -0.2) is 17.8 Å². The lowest BCUT2D eigenvalue weighted by molar-refractivity contribution is -0.115. The van der Waals surface area contributed by atoms with Crippen molar-refractivity contribution >= 4 is 23.4 Å². The van der Waals surface area contributed by atoms with Crippen molar-refractivity contribution in [2.75, 3.05) is 11.1 Å². The number of hydrogen-bond acceptors (Lipinski definition) is 3. The highest BCUT2D eigenvalue weighted by Gasteiger charge is 2.08. The fourth-order valence-electron chi connectivity index (χ4n) is 2.04. The number of hydrogen-bond donors (Lipinski definition) is 1. The maximum atomic E-state index is 12.1. The summed E-state index contributed by atoms with van der Waals surface area (Å²) in [5.41, 5.74) is 1.97. The van der Waals surface area contributed by atoms with Gasteiger partial charge in [-0.3, -0.25) is 4.79 Å². The Balaban J connectivity index is 1.84. The van der Waals surface area contributed by atoms with Crippen LogP contribution in [0.5, 0.6) is 5.75 Å². The van der Waals surface area contributed by atoms with Crippen LogP contribution in [0.2, 0.25) is 0 Å². The molecule has 2 aromatic carbocycles. The molecule has 0 atom stereocenters. The van der Waals surface area contributed by atoms with Crippen molar-refractivity contribution < 1.29 is 9.53 Å². The molecule has 4 heteroatoms. The topological polar surface area (TPSA) is 38.3 Å². The van der Waals surface area contributed by atoms with E-state index in [1.54, 1.807) is 11.8 Å². The number of aryl methyl sites for hydroxylation is 1. The molecule has 2 aromatic rings. The van der Waals surface area contributed by atoms with Crippen LogP contribution in [0.1, 0.15) is 25.8 Å². The Bertz CT molecular complexity index is 638. The summed E-state index contributed by atoms with van der Waals surface area (Å²) in [6.07, 6.45) is 0.541. The molecule has 0 spiro atoms. The number of para-hydroxylation sites is 2. The summed E-state index contributed by atoms with van der Waals surface area (Å²) < 4.78 is 5.71. The van der Waals surface area contributed by atoms with Crippen molar-refractivity contribution in [2.24, 2.45) is 0 Å². The zero-order valence-corrected chi connectivity index (χ0v) is 14.7. The van der Waals surface area contributed by atoms with Crippen molar-refractivity contribution in [3.8, 4) is 5.75 Å². The van der Waals surface area contributed by atoms with Crippen LogP contribution in [0, 0.1) is 6.92 Å². The lowest BCUT2D eigenvalue weighted by atomic mass is 10.2. The van der Waals surface area contributed by atoms with Gasteiger partial charge in [-0.2, -0.15) is 0 Å². The smallest absolute Gasteiger partial charge is 0.225 e. The molecule has 2 rings (SSSR count). The predicted molar refractivity (Wildman–Crippen MR) is 97.4 cm³/mol. The Kier molecular flexibility index (Phi) is 6.53. The average molecular weight is 329 g/mol. The van der Waals surface area contributed by atoms with E-state index in [9.17, 15) is 4.79 Å². The average Bonchev–Trinajstić information content (AvgIpc) is 2.51. The number of amides is 1. The van der Waals surface area contributed by atoms with Gasteiger partial charge in [-0.25, -0.2) is 0 Å². The number of benzene rings is 2. The lowest BCUT2D eigenvalue weighted by Gasteiger charge is -2.14. The number of thioether (sulfide) groups is 1. The quantitative estimate of drug-likeness (QED) is 0.734. The third kappa shape index (κ3) is 5.99. The summed E-state index contributed by atoms with van der Waals surface area (Å²) in [6, 6.07) is 15.9. The van der Waals surface area contributed by atoms with Gasteiger partial charge in [0.25, 0.3) is 0 Å². The van der Waals surface area contributed by atoms with Crippen LogP contribution in [0.3, 0.4) is 0 Å². The minimum Gasteiger partial charge on any atom is -0.489 e. The molecule has 1 N–H and O–H groups in total. The molecule has 0 radical (unpaired) electrons. The first-order valence-electron chi connectivity index (χ1n) is 7.79. The first-order valence-corrected chi connectivity index (χ1v) is 8.78. The van der Waals surface area contributed by atoms with E-state index in [-0.39, 0.29) is 12.0 Å². The molecule has 0 heterocycles. The maximum absolute atomic E-state index is 12.1. The van der Waals surface area contributed by atoms with Crippen molar-refractivity contribution in [2.45, 2.75) is 38.2 Å². The Hall–Kier alpha value is -1.94. The molecule has 0 aliphatic heterocycles. The van der Waals surface area contributed by atoms with Crippen LogP contribution >= 0.6 is 11.8 Å². The molecule has 3 nitrogen and oxygen atoms in total. The maximum Gasteiger partial charge on any atom is 0.225 e. The van der Waals surface area contributed by atoms with E-state index in [2.05, 4.69) is 36.5 Å². The molecule has 0 aliphatic rings. The lowest BCUT2D eigenvalue weighted by Crippen LogP contribution is -2.14. The van der Waals surface area contributed by atoms with Crippen LogP contribution in [0.25, 0.3) is 0 Å². The highest BCUT2D eigenvalue weighted by atomic mass is 32.2. The number of rotatable bonds is 7. The van der Waals surface area contributed by atoms with Gasteiger partial charge in [-0.15, -0.1) is 11.8 Å². The Morgan fingerprint density at radius 2 is 1.83 bits per heavy atom. The second-order valence-corrected chi connectivity index (χ2v) is 6.79. The van der Waals surface area contributed by atoms with E-state index in [0.29, 0.717) is 12.2 Å². The monoisotopic (exact) mass is 329 g/mol. The van der Waals surface area contributed by atoms with E-state index in [4.69, 9.17) is 4.74 Å². The van der Waals surface area contributed by atoms with Crippen molar-refractivity contribution in [1.29, 1.82) is 0 Å². The normalized spacial score (nSPS) is 10.6. The zero-order chi connectivity index (χ0) is 16.7. The summed E-state index contributed by atoms with van der Waals surface area (Å²) in [5, 5.41) is 2.93. The van der Waals surface area contributed by atoms with Crippen molar-refractivity contribution in [1.82, 2.24) is 0 Å². The standard InChI is InChI=1S/C19H23NO2S/c1-14(2)22-18-7-5-4-6-17(18)20-19(21)12-13-23-16-10-8-15(3)9-11-16/h4-11,14H,12-13H2,1-3H3,(H,20,21). The van der Waals surface area contributed by atoms with Gasteiger partial charge in [0.05, 0.1) is 11.8 Å². The van der Waals surface area contributed by atoms with Gasteiger partial charge < -0.3 is 10.1 Å². The Morgan fingerprint density at radius 1 is 1.13 bits per heavy atom. The summed E-state index contributed by atoms with van der Waals surface area (Å²) in [5.74, 6) is 1.47. The van der Waals surface area contributed by atoms with Gasteiger partial charge in [0.15, 0.2) is 0 Å². The second-order valence-electron chi connectivity index (χ2n) is 5.62. The predicted octanol–water partition coefficient (Wildman–Crippen LogP) is 4.90. The first kappa shape index (κ1) is 17.4. The highest BCUT2D eigenvalue weighted by Crippen LogP contribution is 2.25. The van der Waals surface area contributed by atoms with Crippen LogP contribution in [0.15, 0.2) is 53.4 Å². The van der Waals surface area contributed by atoms with Crippen molar-refractivity contribution in [3.05, 3.63) is 54.1 Å². The van der Waals surface area contributed by atoms with E-state index in [1.807, 2.05) is 38.1 Å². The van der Waals surface area contributed by atoms with E-state index >= 15 is 0 Å². The second kappa shape index (κ2) is 8.63. The summed E-state index contributed by atoms with van der Waals surface area (Å²) in [7, 11) is 0. The molecule has 0 saturated carbocycles. The highest BCUT2D eigenvalue weighted by molar-refractivity contribution is 7.99. The minimum absolute atomic E-state index is 0.00409. The number of carbonyl (C=O) groups is 1. The molecule has 23 heavy (non-hydrogen) atoms. The van der Waals surface area contributed by atoms with Crippen molar-refractivity contribution in [3.63, 3.8) is 0 Å². The van der Waals surface area contributed by atoms with Gasteiger partial charge in [0.2, 0.25) is 5.91 Å². The molecule has 0 aliphatic carbocycles. The largest absolute Gasteiger partial charge is 0.489 e. The molecule has 0 unspecified atom stereocenters. The molecule has 0 fully saturated rings. The van der Waals surface area contributed by atoms with E-state index in [0.717, 1.165) is 11.4 Å². The van der Waals surface area contributed by atoms with Gasteiger partial charge in [-0.05, 0) is 45.0 Å². The molecule has 122 valence electrons. The third-order valence-corrected chi connectivity index (χ3v) is 4.16. The number of carbonyl (C=O) groups excluding carboxylic acids is 1. The minimum atomic E-state index is 0.00409. The molecule has 0 saturated heterocycles. The summed E-state index contributed by atoms with van der Waals surface area (Å²) >= 11 is 1.69. The van der Waals surface area contributed by atoms with Gasteiger partial charge in [0.1, 0.15) is 5.75 Å². The molecular formula is C19H23NO2S. The van der Waals surface area contributed by atoms with Crippen LogP contribution in [-0.2, 0) is 4.79 Å². The SMILES string of the molecule is Cc1ccc(SCCC(=O)Nc2ccccc2OC(C)C)cc1. The Labute approximate surface area is 142 Å². The molecule has 0 bridgehead atoms. The summed E-state index contributed by atoms with van der Waals surface area (Å²) in [6.45, 7) is 6.01.